The van der Waals surface area contributed by atoms with Crippen LogP contribution in [0.1, 0.15) is 50.6 Å². The fraction of sp³-hybridized carbons (Fsp3) is 0.667. The van der Waals surface area contributed by atoms with Gasteiger partial charge in [0, 0.05) is 6.42 Å². The molecule has 2 N–H and O–H groups in total. The molecule has 1 saturated carbocycles. The summed E-state index contributed by atoms with van der Waals surface area (Å²) in [5, 5.41) is 6.72. The molecule has 142 valence electrons. The number of benzene rings is 1. The lowest BCUT2D eigenvalue weighted by molar-refractivity contribution is -0.123. The second kappa shape index (κ2) is 7.87. The lowest BCUT2D eigenvalue weighted by atomic mass is 9.84. The second-order valence-corrected chi connectivity index (χ2v) is 8.05. The molecule has 2 heterocycles. The second-order valence-electron chi connectivity index (χ2n) is 8.05. The van der Waals surface area contributed by atoms with Gasteiger partial charge < -0.3 is 20.1 Å². The zero-order chi connectivity index (χ0) is 17.9. The molecule has 1 saturated heterocycles. The van der Waals surface area contributed by atoms with E-state index in [2.05, 4.69) is 23.6 Å². The van der Waals surface area contributed by atoms with Crippen molar-refractivity contribution in [3.63, 3.8) is 0 Å². The number of hydrogen-bond acceptors (Lipinski definition) is 4. The van der Waals surface area contributed by atoms with Crippen LogP contribution in [0.2, 0.25) is 0 Å². The first kappa shape index (κ1) is 17.7. The fourth-order valence-electron chi connectivity index (χ4n) is 4.26. The maximum Gasteiger partial charge on any atom is 0.220 e. The quantitative estimate of drug-likeness (QED) is 0.821. The fourth-order valence-corrected chi connectivity index (χ4v) is 4.26. The minimum Gasteiger partial charge on any atom is -0.486 e. The first-order valence-electron chi connectivity index (χ1n) is 10.1. The molecule has 26 heavy (non-hydrogen) atoms. The normalized spacial score (nSPS) is 22.5. The van der Waals surface area contributed by atoms with Gasteiger partial charge in [-0.2, -0.15) is 0 Å². The molecule has 1 aliphatic carbocycles. The third kappa shape index (κ3) is 4.14. The Morgan fingerprint density at radius 3 is 2.58 bits per heavy atom. The van der Waals surface area contributed by atoms with Crippen molar-refractivity contribution in [1.29, 1.82) is 0 Å². The highest BCUT2D eigenvalue weighted by atomic mass is 16.6. The van der Waals surface area contributed by atoms with Crippen LogP contribution < -0.4 is 20.1 Å². The summed E-state index contributed by atoms with van der Waals surface area (Å²) in [4.78, 5) is 12.7. The summed E-state index contributed by atoms with van der Waals surface area (Å²) in [6, 6.07) is 6.20. The average Bonchev–Trinajstić information content (AvgIpc) is 3.51. The highest BCUT2D eigenvalue weighted by Gasteiger charge is 2.34. The average molecular weight is 358 g/mol. The van der Waals surface area contributed by atoms with Crippen molar-refractivity contribution in [3.05, 3.63) is 23.8 Å². The standard InChI is InChI=1S/C21H30N2O3/c1-14(15-6-8-22-9-7-15)12-20(24)23-21(16-2-3-16)17-4-5-18-19(13-17)26-11-10-25-18/h4-5,13-16,21-22H,2-3,6-12H2,1H3,(H,23,24). The predicted octanol–water partition coefficient (Wildman–Crippen LogP) is 3.05. The Bertz CT molecular complexity index is 638. The largest absolute Gasteiger partial charge is 0.486 e. The van der Waals surface area contributed by atoms with E-state index >= 15 is 0 Å². The molecule has 0 spiro atoms. The number of carbonyl (C=O) groups is 1. The van der Waals surface area contributed by atoms with Crippen LogP contribution >= 0.6 is 0 Å². The summed E-state index contributed by atoms with van der Waals surface area (Å²) in [6.07, 6.45) is 5.36. The van der Waals surface area contributed by atoms with Crippen LogP contribution in [0, 0.1) is 17.8 Å². The van der Waals surface area contributed by atoms with Gasteiger partial charge >= 0.3 is 0 Å². The summed E-state index contributed by atoms with van der Waals surface area (Å²) >= 11 is 0. The Morgan fingerprint density at radius 2 is 1.85 bits per heavy atom. The third-order valence-electron chi connectivity index (χ3n) is 6.03. The SMILES string of the molecule is CC(CC(=O)NC(c1ccc2c(c1)OCCO2)C1CC1)C1CCNCC1. The van der Waals surface area contributed by atoms with Gasteiger partial charge in [-0.05, 0) is 74.2 Å². The molecule has 0 aromatic heterocycles. The highest BCUT2D eigenvalue weighted by Crippen LogP contribution is 2.43. The Labute approximate surface area is 155 Å². The van der Waals surface area contributed by atoms with E-state index in [1.54, 1.807) is 0 Å². The molecule has 4 rings (SSSR count). The number of piperidine rings is 1. The number of amides is 1. The van der Waals surface area contributed by atoms with Crippen molar-refractivity contribution in [1.82, 2.24) is 10.6 Å². The summed E-state index contributed by atoms with van der Waals surface area (Å²) in [5.74, 6) is 3.45. The highest BCUT2D eigenvalue weighted by molar-refractivity contribution is 5.76. The minimum absolute atomic E-state index is 0.0959. The number of ether oxygens (including phenoxy) is 2. The minimum atomic E-state index is 0.0959. The van der Waals surface area contributed by atoms with Crippen molar-refractivity contribution in [2.75, 3.05) is 26.3 Å². The van der Waals surface area contributed by atoms with Gasteiger partial charge in [-0.25, -0.2) is 0 Å². The summed E-state index contributed by atoms with van der Waals surface area (Å²) in [6.45, 7) is 5.58. The van der Waals surface area contributed by atoms with E-state index in [1.165, 1.54) is 25.7 Å². The Hall–Kier alpha value is -1.75. The van der Waals surface area contributed by atoms with Gasteiger partial charge in [0.05, 0.1) is 6.04 Å². The molecule has 3 aliphatic rings. The van der Waals surface area contributed by atoms with Crippen LogP contribution in [0.3, 0.4) is 0 Å². The van der Waals surface area contributed by atoms with E-state index in [0.29, 0.717) is 37.4 Å². The molecule has 1 amide bonds. The van der Waals surface area contributed by atoms with Crippen molar-refractivity contribution in [2.24, 2.45) is 17.8 Å². The van der Waals surface area contributed by atoms with Crippen molar-refractivity contribution in [2.45, 2.75) is 45.1 Å². The molecule has 2 aliphatic heterocycles. The van der Waals surface area contributed by atoms with Crippen LogP contribution in [-0.2, 0) is 4.79 Å². The number of fused-ring (bicyclic) bond motifs is 1. The van der Waals surface area contributed by atoms with E-state index in [0.717, 1.165) is 30.2 Å². The smallest absolute Gasteiger partial charge is 0.220 e. The van der Waals surface area contributed by atoms with E-state index in [4.69, 9.17) is 9.47 Å². The maximum atomic E-state index is 12.7. The maximum absolute atomic E-state index is 12.7. The Kier molecular flexibility index (Phi) is 5.34. The lowest BCUT2D eigenvalue weighted by Crippen LogP contribution is -2.35. The lowest BCUT2D eigenvalue weighted by Gasteiger charge is -2.29. The molecule has 5 heteroatoms. The van der Waals surface area contributed by atoms with Crippen molar-refractivity contribution in [3.8, 4) is 11.5 Å². The molecule has 2 fully saturated rings. The molecular formula is C21H30N2O3. The van der Waals surface area contributed by atoms with E-state index < -0.39 is 0 Å². The number of hydrogen-bond donors (Lipinski definition) is 2. The molecule has 2 atom stereocenters. The van der Waals surface area contributed by atoms with Gasteiger partial charge in [-0.3, -0.25) is 4.79 Å². The van der Waals surface area contributed by atoms with Gasteiger partial charge in [-0.15, -0.1) is 0 Å². The molecule has 1 aromatic rings. The molecular weight excluding hydrogens is 328 g/mol. The predicted molar refractivity (Wildman–Crippen MR) is 100 cm³/mol. The van der Waals surface area contributed by atoms with Crippen LogP contribution in [0.15, 0.2) is 18.2 Å². The number of nitrogens with one attached hydrogen (secondary N) is 2. The Balaban J connectivity index is 1.40. The van der Waals surface area contributed by atoms with Crippen LogP contribution in [0.5, 0.6) is 11.5 Å². The van der Waals surface area contributed by atoms with E-state index in [1.807, 2.05) is 12.1 Å². The zero-order valence-electron chi connectivity index (χ0n) is 15.6. The molecule has 0 radical (unpaired) electrons. The summed E-state index contributed by atoms with van der Waals surface area (Å²) in [5.41, 5.74) is 1.14. The summed E-state index contributed by atoms with van der Waals surface area (Å²) < 4.78 is 11.3. The molecule has 2 unspecified atom stereocenters. The van der Waals surface area contributed by atoms with Crippen LogP contribution in [0.25, 0.3) is 0 Å². The van der Waals surface area contributed by atoms with Gasteiger partial charge in [0.1, 0.15) is 13.2 Å². The van der Waals surface area contributed by atoms with Gasteiger partial charge in [0.2, 0.25) is 5.91 Å². The van der Waals surface area contributed by atoms with E-state index in [9.17, 15) is 4.79 Å². The Morgan fingerprint density at radius 1 is 1.12 bits per heavy atom. The topological polar surface area (TPSA) is 59.6 Å². The first-order valence-corrected chi connectivity index (χ1v) is 10.1. The number of rotatable bonds is 6. The van der Waals surface area contributed by atoms with Crippen LogP contribution in [-0.4, -0.2) is 32.2 Å². The number of carbonyl (C=O) groups excluding carboxylic acids is 1. The monoisotopic (exact) mass is 358 g/mol. The van der Waals surface area contributed by atoms with Gasteiger partial charge in [-0.1, -0.05) is 13.0 Å². The summed E-state index contributed by atoms with van der Waals surface area (Å²) in [7, 11) is 0. The zero-order valence-corrected chi connectivity index (χ0v) is 15.6. The van der Waals surface area contributed by atoms with Gasteiger partial charge in [0.15, 0.2) is 11.5 Å². The molecule has 5 nitrogen and oxygen atoms in total. The van der Waals surface area contributed by atoms with Gasteiger partial charge in [0.25, 0.3) is 0 Å². The van der Waals surface area contributed by atoms with E-state index in [-0.39, 0.29) is 11.9 Å². The molecule has 1 aromatic carbocycles. The molecule has 0 bridgehead atoms. The van der Waals surface area contributed by atoms with Crippen molar-refractivity contribution < 1.29 is 14.3 Å². The van der Waals surface area contributed by atoms with Crippen molar-refractivity contribution >= 4 is 5.91 Å². The first-order chi connectivity index (χ1) is 12.7. The van der Waals surface area contributed by atoms with Crippen LogP contribution in [0.4, 0.5) is 0 Å². The third-order valence-corrected chi connectivity index (χ3v) is 6.03.